The highest BCUT2D eigenvalue weighted by atomic mass is 19.2. The lowest BCUT2D eigenvalue weighted by Crippen LogP contribution is -2.08. The molecule has 0 radical (unpaired) electrons. The third-order valence-corrected chi connectivity index (χ3v) is 3.87. The van der Waals surface area contributed by atoms with Gasteiger partial charge < -0.3 is 4.74 Å². The van der Waals surface area contributed by atoms with E-state index in [2.05, 4.69) is 0 Å². The van der Waals surface area contributed by atoms with E-state index in [1.54, 1.807) is 6.07 Å². The van der Waals surface area contributed by atoms with Gasteiger partial charge in [0.25, 0.3) is 0 Å². The van der Waals surface area contributed by atoms with Crippen LogP contribution in [0.3, 0.4) is 0 Å². The Balaban J connectivity index is 2.36. The van der Waals surface area contributed by atoms with Crippen LogP contribution in [0.15, 0.2) is 18.2 Å². The molecule has 5 heteroatoms. The van der Waals surface area contributed by atoms with E-state index < -0.39 is 17.5 Å². The van der Waals surface area contributed by atoms with Crippen molar-refractivity contribution in [2.75, 3.05) is 0 Å². The van der Waals surface area contributed by atoms with E-state index in [9.17, 15) is 17.6 Å². The molecule has 0 N–H and O–H groups in total. The lowest BCUT2D eigenvalue weighted by molar-refractivity contribution is 0.280. The van der Waals surface area contributed by atoms with Crippen LogP contribution in [0.25, 0.3) is 0 Å². The SMILES string of the molecule is CCc1cc(F)ccc1COc1c(C)c(F)c(F)c(CC)c1F. The van der Waals surface area contributed by atoms with Crippen molar-refractivity contribution in [2.24, 2.45) is 0 Å². The standard InChI is InChI=1S/C18H18F4O/c1-4-11-8-13(19)7-6-12(11)9-23-18-10(3)15(20)16(21)14(5-2)17(18)22/h6-8H,4-5,9H2,1-3H3. The Hall–Kier alpha value is -2.04. The van der Waals surface area contributed by atoms with Crippen molar-refractivity contribution in [1.82, 2.24) is 0 Å². The third kappa shape index (κ3) is 3.33. The van der Waals surface area contributed by atoms with E-state index >= 15 is 0 Å². The average molecular weight is 326 g/mol. The number of hydrogen-bond donors (Lipinski definition) is 0. The van der Waals surface area contributed by atoms with Crippen molar-refractivity contribution < 1.29 is 22.3 Å². The monoisotopic (exact) mass is 326 g/mol. The summed E-state index contributed by atoms with van der Waals surface area (Å²) in [6.45, 7) is 4.61. The maximum Gasteiger partial charge on any atom is 0.171 e. The Labute approximate surface area is 132 Å². The molecule has 1 nitrogen and oxygen atoms in total. The summed E-state index contributed by atoms with van der Waals surface area (Å²) in [5.74, 6) is -3.83. The minimum Gasteiger partial charge on any atom is -0.485 e. The molecule has 0 aliphatic carbocycles. The third-order valence-electron chi connectivity index (χ3n) is 3.87. The molecule has 124 valence electrons. The second-order valence-electron chi connectivity index (χ2n) is 5.28. The first kappa shape index (κ1) is 17.3. The average Bonchev–Trinajstić information content (AvgIpc) is 2.54. The summed E-state index contributed by atoms with van der Waals surface area (Å²) < 4.78 is 60.6. The molecule has 23 heavy (non-hydrogen) atoms. The number of aryl methyl sites for hydroxylation is 1. The Morgan fingerprint density at radius 2 is 1.57 bits per heavy atom. The molecule has 0 bridgehead atoms. The van der Waals surface area contributed by atoms with Crippen LogP contribution in [0.2, 0.25) is 0 Å². The first-order valence-corrected chi connectivity index (χ1v) is 7.46. The van der Waals surface area contributed by atoms with Gasteiger partial charge >= 0.3 is 0 Å². The molecule has 0 spiro atoms. The van der Waals surface area contributed by atoms with Gasteiger partial charge in [-0.05, 0) is 43.0 Å². The Kier molecular flexibility index (Phi) is 5.29. The number of rotatable bonds is 5. The molecule has 2 aromatic carbocycles. The fraction of sp³-hybridized carbons (Fsp3) is 0.333. The van der Waals surface area contributed by atoms with Gasteiger partial charge in [-0.2, -0.15) is 0 Å². The van der Waals surface area contributed by atoms with Gasteiger partial charge in [0.15, 0.2) is 23.2 Å². The number of halogens is 4. The van der Waals surface area contributed by atoms with E-state index in [1.165, 1.54) is 26.0 Å². The highest BCUT2D eigenvalue weighted by molar-refractivity contribution is 5.41. The minimum atomic E-state index is -1.18. The normalized spacial score (nSPS) is 10.9. The van der Waals surface area contributed by atoms with Crippen LogP contribution in [0.5, 0.6) is 5.75 Å². The zero-order valence-electron chi connectivity index (χ0n) is 13.3. The van der Waals surface area contributed by atoms with Crippen LogP contribution in [-0.4, -0.2) is 0 Å². The lowest BCUT2D eigenvalue weighted by atomic mass is 10.0. The van der Waals surface area contributed by atoms with Crippen molar-refractivity contribution in [3.8, 4) is 5.75 Å². The highest BCUT2D eigenvalue weighted by Gasteiger charge is 2.23. The molecule has 0 unspecified atom stereocenters. The molecule has 0 aromatic heterocycles. The van der Waals surface area contributed by atoms with Gasteiger partial charge in [-0.3, -0.25) is 0 Å². The van der Waals surface area contributed by atoms with Gasteiger partial charge in [-0.15, -0.1) is 0 Å². The Bertz CT molecular complexity index is 726. The molecule has 2 aromatic rings. The molecule has 0 aliphatic rings. The molecule has 2 rings (SSSR count). The summed E-state index contributed by atoms with van der Waals surface area (Å²) in [7, 11) is 0. The number of hydrogen-bond acceptors (Lipinski definition) is 1. The largest absolute Gasteiger partial charge is 0.485 e. The van der Waals surface area contributed by atoms with Crippen molar-refractivity contribution in [3.05, 3.63) is 63.7 Å². The Morgan fingerprint density at radius 1 is 0.870 bits per heavy atom. The summed E-state index contributed by atoms with van der Waals surface area (Å²) in [6.07, 6.45) is 0.595. The van der Waals surface area contributed by atoms with Gasteiger partial charge in [0.2, 0.25) is 0 Å². The number of benzene rings is 2. The fourth-order valence-electron chi connectivity index (χ4n) is 2.49. The fourth-order valence-corrected chi connectivity index (χ4v) is 2.49. The van der Waals surface area contributed by atoms with Crippen LogP contribution in [-0.2, 0) is 19.4 Å². The molecule has 0 atom stereocenters. The van der Waals surface area contributed by atoms with Crippen molar-refractivity contribution in [3.63, 3.8) is 0 Å². The minimum absolute atomic E-state index is 0.0159. The van der Waals surface area contributed by atoms with Gasteiger partial charge in [0, 0.05) is 11.1 Å². The van der Waals surface area contributed by atoms with Gasteiger partial charge in [0.1, 0.15) is 12.4 Å². The first-order chi connectivity index (χ1) is 10.9. The van der Waals surface area contributed by atoms with Crippen molar-refractivity contribution in [2.45, 2.75) is 40.2 Å². The van der Waals surface area contributed by atoms with Gasteiger partial charge in [0.05, 0.1) is 0 Å². The lowest BCUT2D eigenvalue weighted by Gasteiger charge is -2.16. The van der Waals surface area contributed by atoms with Crippen LogP contribution in [0.1, 0.15) is 36.1 Å². The van der Waals surface area contributed by atoms with E-state index in [0.29, 0.717) is 12.0 Å². The summed E-state index contributed by atoms with van der Waals surface area (Å²) >= 11 is 0. The van der Waals surface area contributed by atoms with Crippen molar-refractivity contribution in [1.29, 1.82) is 0 Å². The van der Waals surface area contributed by atoms with Gasteiger partial charge in [-0.25, -0.2) is 17.6 Å². The van der Waals surface area contributed by atoms with Crippen molar-refractivity contribution >= 4 is 0 Å². The van der Waals surface area contributed by atoms with E-state index in [1.807, 2.05) is 6.92 Å². The second-order valence-corrected chi connectivity index (χ2v) is 5.28. The van der Waals surface area contributed by atoms with E-state index in [0.717, 1.165) is 5.56 Å². The molecule has 0 aliphatic heterocycles. The first-order valence-electron chi connectivity index (χ1n) is 7.46. The predicted molar refractivity (Wildman–Crippen MR) is 80.5 cm³/mol. The van der Waals surface area contributed by atoms with E-state index in [-0.39, 0.29) is 35.7 Å². The molecule has 0 saturated carbocycles. The summed E-state index contributed by atoms with van der Waals surface area (Å²) in [4.78, 5) is 0. The smallest absolute Gasteiger partial charge is 0.171 e. The van der Waals surface area contributed by atoms with Crippen LogP contribution < -0.4 is 4.74 Å². The molecule has 0 fully saturated rings. The topological polar surface area (TPSA) is 9.23 Å². The second kappa shape index (κ2) is 7.02. The maximum absolute atomic E-state index is 14.3. The molecule has 0 heterocycles. The molecular formula is C18H18F4O. The zero-order chi connectivity index (χ0) is 17.1. The number of ether oxygens (including phenoxy) is 1. The molecule has 0 amide bonds. The van der Waals surface area contributed by atoms with Gasteiger partial charge in [-0.1, -0.05) is 19.9 Å². The van der Waals surface area contributed by atoms with E-state index in [4.69, 9.17) is 4.74 Å². The quantitative estimate of drug-likeness (QED) is 0.538. The molecule has 0 saturated heterocycles. The Morgan fingerprint density at radius 3 is 2.17 bits per heavy atom. The van der Waals surface area contributed by atoms with Crippen LogP contribution >= 0.6 is 0 Å². The summed E-state index contributed by atoms with van der Waals surface area (Å²) in [6, 6.07) is 4.20. The van der Waals surface area contributed by atoms with Crippen LogP contribution in [0, 0.1) is 30.2 Å². The highest BCUT2D eigenvalue weighted by Crippen LogP contribution is 2.32. The maximum atomic E-state index is 14.3. The van der Waals surface area contributed by atoms with Crippen LogP contribution in [0.4, 0.5) is 17.6 Å². The zero-order valence-corrected chi connectivity index (χ0v) is 13.3. The molecular weight excluding hydrogens is 308 g/mol. The predicted octanol–water partition coefficient (Wildman–Crippen LogP) is 5.26. The summed E-state index contributed by atoms with van der Waals surface area (Å²) in [5, 5.41) is 0. The summed E-state index contributed by atoms with van der Waals surface area (Å²) in [5.41, 5.74) is 0.854.